The lowest BCUT2D eigenvalue weighted by Crippen LogP contribution is -2.39. The first-order chi connectivity index (χ1) is 59.3. The van der Waals surface area contributed by atoms with Gasteiger partial charge in [0.1, 0.15) is 0 Å². The van der Waals surface area contributed by atoms with Gasteiger partial charge in [-0.25, -0.2) is 34.9 Å². The molecule has 1 saturated carbocycles. The summed E-state index contributed by atoms with van der Waals surface area (Å²) in [6, 6.07) is 35.5. The van der Waals surface area contributed by atoms with Crippen LogP contribution >= 0.6 is 27.5 Å². The smallest absolute Gasteiger partial charge is 0.260 e. The van der Waals surface area contributed by atoms with E-state index in [-0.39, 0.29) is 38.9 Å². The molecule has 7 aromatic carbocycles. The minimum absolute atomic E-state index is 0.000123. The monoisotopic (exact) mass is 1760 g/mol. The summed E-state index contributed by atoms with van der Waals surface area (Å²) in [5, 5.41) is 27.7. The summed E-state index contributed by atoms with van der Waals surface area (Å²) in [6.45, 7) is 15.8. The van der Waals surface area contributed by atoms with Crippen molar-refractivity contribution in [2.45, 2.75) is 45.4 Å². The third-order valence-electron chi connectivity index (χ3n) is 21.0. The molecule has 3 fully saturated rings. The number of benzene rings is 7. The van der Waals surface area contributed by atoms with Gasteiger partial charge in [0.2, 0.25) is 0 Å². The molecule has 648 valence electrons. The van der Waals surface area contributed by atoms with Crippen LogP contribution in [0.2, 0.25) is 5.02 Å². The van der Waals surface area contributed by atoms with E-state index in [4.69, 9.17) is 16.3 Å². The Kier molecular flexibility index (Phi) is 32.7. The van der Waals surface area contributed by atoms with Gasteiger partial charge >= 0.3 is 0 Å². The Morgan fingerprint density at radius 3 is 1.04 bits per heavy atom. The van der Waals surface area contributed by atoms with Crippen LogP contribution < -0.4 is 76.1 Å². The van der Waals surface area contributed by atoms with Crippen molar-refractivity contribution >= 4 is 144 Å². The minimum atomic E-state index is -0.0930. The van der Waals surface area contributed by atoms with Gasteiger partial charge in [0.25, 0.3) is 38.9 Å². The maximum atomic E-state index is 12.0. The molecule has 1 aliphatic carbocycles. The average Bonchev–Trinajstić information content (AvgIpc) is 1.59. The topological polar surface area (TPSA) is 347 Å². The lowest BCUT2D eigenvalue weighted by atomic mass is 10.1. The molecule has 14 aromatic rings. The first kappa shape index (κ1) is 91.5. The number of hydrogen-bond acceptors (Lipinski definition) is 25. The van der Waals surface area contributed by atoms with Crippen molar-refractivity contribution in [3.05, 3.63) is 242 Å². The van der Waals surface area contributed by atoms with E-state index in [1.54, 1.807) is 106 Å². The molecule has 0 radical (unpaired) electrons. The molecule has 9 heterocycles. The Morgan fingerprint density at radius 1 is 0.390 bits per heavy atom. The average molecular weight is 1760 g/mol. The minimum Gasteiger partial charge on any atom is -0.387 e. The second-order valence-electron chi connectivity index (χ2n) is 30.7. The molecular weight excluding hydrogens is 1650 g/mol. The van der Waals surface area contributed by atoms with E-state index in [0.717, 1.165) is 163 Å². The molecule has 123 heavy (non-hydrogen) atoms. The quantitative estimate of drug-likeness (QED) is 0.0373. The fraction of sp³-hybridized carbons (Fsp3) is 0.371. The van der Waals surface area contributed by atoms with Crippen molar-refractivity contribution < 1.29 is 4.74 Å². The van der Waals surface area contributed by atoms with Crippen molar-refractivity contribution in [1.82, 2.24) is 81.6 Å². The second kappa shape index (κ2) is 44.0. The van der Waals surface area contributed by atoms with Gasteiger partial charge in [0, 0.05) is 162 Å². The van der Waals surface area contributed by atoms with Crippen LogP contribution in [0.1, 0.15) is 45.4 Å². The predicted molar refractivity (Wildman–Crippen MR) is 502 cm³/mol. The van der Waals surface area contributed by atoms with Crippen LogP contribution in [0.4, 0.5) is 39.8 Å². The highest BCUT2D eigenvalue weighted by molar-refractivity contribution is 9.10. The Bertz CT molecular complexity index is 6230. The van der Waals surface area contributed by atoms with Crippen molar-refractivity contribution in [3.8, 4) is 0 Å². The standard InChI is InChI=1S/C16H22N4O.C15H20N4O2.C13H18N4O.C13H15N3O.C12H15N3O.C10H10BrN3O.C10H10ClN3O/c1-19-12-18-15-11-13(5-6-14(15)16(19)21)17-7-10-20-8-3-2-4-9-20;1-18-11-17-14-10-12(2-3-13(14)15(18)20)16-4-5-19-6-8-21-9-7-19;1-16(2)7-6-14-10-4-5-11-12(8-10)15-9-17(3)13(11)18;1-16-8-15-12-6-10(14-7-9-2-3-9)4-5-11(12)13(16)17;1-3-6-13-9-4-5-10-11(7-9)14-8-15(2)12(10)16;2*1-12-9-4-8-6(3-7(9)11)10(15)14(2)5-13-8/h5-6,11-12,17H,2-4,7-10H2,1H3;2-3,10-11,16H,4-9H2,1H3;4-5,8-9,14H,6-7H2,1-3H3;4-6,8-9,14H,2-3,7H2,1H3;4-5,7-8,13H,3,6H2,1-2H3;2*3-5,12H,1-2H3. The molecule has 0 spiro atoms. The molecule has 0 bridgehead atoms. The van der Waals surface area contributed by atoms with E-state index >= 15 is 0 Å². The number of likely N-dealkylation sites (N-methyl/N-ethyl adjacent to an activating group) is 1. The molecule has 2 aliphatic heterocycles. The maximum Gasteiger partial charge on any atom is 0.260 e. The van der Waals surface area contributed by atoms with E-state index in [1.807, 2.05) is 118 Å². The van der Waals surface area contributed by atoms with Crippen molar-refractivity contribution in [3.63, 3.8) is 0 Å². The third kappa shape index (κ3) is 25.0. The Labute approximate surface area is 725 Å². The molecule has 3 aliphatic rings. The summed E-state index contributed by atoms with van der Waals surface area (Å²) in [7, 11) is 19.6. The van der Waals surface area contributed by atoms with Crippen molar-refractivity contribution in [1.29, 1.82) is 0 Å². The number of anilines is 7. The van der Waals surface area contributed by atoms with Gasteiger partial charge in [0.15, 0.2) is 0 Å². The number of nitrogens with zero attached hydrogens (tertiary/aromatic N) is 17. The summed E-state index contributed by atoms with van der Waals surface area (Å²) in [5.41, 5.74) is 11.7. The van der Waals surface area contributed by atoms with Crippen LogP contribution in [0.25, 0.3) is 76.3 Å². The summed E-state index contributed by atoms with van der Waals surface area (Å²) in [5.74, 6) is 0.835. The van der Waals surface area contributed by atoms with Crippen LogP contribution in [0, 0.1) is 5.92 Å². The van der Waals surface area contributed by atoms with Gasteiger partial charge in [0.05, 0.1) is 150 Å². The molecule has 17 rings (SSSR count). The number of ether oxygens (including phenoxy) is 1. The number of morpholine rings is 1. The highest BCUT2D eigenvalue weighted by atomic mass is 79.9. The Morgan fingerprint density at radius 2 is 0.699 bits per heavy atom. The van der Waals surface area contributed by atoms with Gasteiger partial charge in [-0.05, 0) is 196 Å². The molecular formula is C89H110BrClN24O8. The largest absolute Gasteiger partial charge is 0.387 e. The Balaban J connectivity index is 0.000000140. The number of rotatable bonds is 20. The van der Waals surface area contributed by atoms with Gasteiger partial charge in [-0.1, -0.05) is 24.9 Å². The van der Waals surface area contributed by atoms with Crippen LogP contribution in [-0.2, 0) is 54.1 Å². The lowest BCUT2D eigenvalue weighted by Gasteiger charge is -2.26. The molecule has 34 heteroatoms. The van der Waals surface area contributed by atoms with E-state index in [0.29, 0.717) is 53.8 Å². The molecule has 0 unspecified atom stereocenters. The normalized spacial score (nSPS) is 13.2. The number of likely N-dealkylation sites (tertiary alicyclic amines) is 1. The summed E-state index contributed by atoms with van der Waals surface area (Å²) >= 11 is 9.39. The van der Waals surface area contributed by atoms with Gasteiger partial charge in [-0.3, -0.25) is 38.5 Å². The van der Waals surface area contributed by atoms with E-state index in [1.165, 1.54) is 89.8 Å². The van der Waals surface area contributed by atoms with Gasteiger partial charge in [-0.15, -0.1) is 0 Å². The van der Waals surface area contributed by atoms with E-state index < -0.39 is 0 Å². The summed E-state index contributed by atoms with van der Waals surface area (Å²) < 4.78 is 16.6. The number of fused-ring (bicyclic) bond motifs is 7. The van der Waals surface area contributed by atoms with Crippen LogP contribution in [-0.4, -0.2) is 201 Å². The van der Waals surface area contributed by atoms with Crippen LogP contribution in [0.15, 0.2) is 198 Å². The van der Waals surface area contributed by atoms with Crippen LogP contribution in [0.5, 0.6) is 0 Å². The van der Waals surface area contributed by atoms with Crippen molar-refractivity contribution in [2.75, 3.05) is 157 Å². The summed E-state index contributed by atoms with van der Waals surface area (Å²) in [6.07, 6.45) is 18.6. The van der Waals surface area contributed by atoms with Gasteiger partial charge in [-0.2, -0.15) is 0 Å². The zero-order valence-electron chi connectivity index (χ0n) is 71.9. The number of halogens is 2. The first-order valence-corrected chi connectivity index (χ1v) is 42.2. The zero-order valence-corrected chi connectivity index (χ0v) is 74.2. The molecule has 32 nitrogen and oxygen atoms in total. The third-order valence-corrected chi connectivity index (χ3v) is 21.9. The predicted octanol–water partition coefficient (Wildman–Crippen LogP) is 10.3. The second-order valence-corrected chi connectivity index (χ2v) is 31.9. The first-order valence-electron chi connectivity index (χ1n) is 41.1. The summed E-state index contributed by atoms with van der Waals surface area (Å²) in [4.78, 5) is 120. The van der Waals surface area contributed by atoms with Crippen molar-refractivity contribution in [2.24, 2.45) is 55.3 Å². The lowest BCUT2D eigenvalue weighted by molar-refractivity contribution is 0.0398. The molecule has 7 N–H and O–H groups in total. The SMILES string of the molecule is CCCNc1ccc2c(=O)n(C)cnc2c1.CN(C)CCNc1ccc2c(=O)n(C)cnc2c1.CNc1cc2ncn(C)c(=O)c2cc1Br.CNc1cc2ncn(C)c(=O)c2cc1Cl.Cn1cnc2cc(NCC3CC3)ccc2c1=O.Cn1cnc2cc(NCCN3CCCCC3)ccc2c1=O.Cn1cnc2cc(NCCN3CCOCC3)ccc2c1=O. The highest BCUT2D eigenvalue weighted by Gasteiger charge is 2.21. The highest BCUT2D eigenvalue weighted by Crippen LogP contribution is 2.30. The molecule has 0 amide bonds. The zero-order chi connectivity index (χ0) is 87.8. The number of aromatic nitrogens is 14. The van der Waals surface area contributed by atoms with E-state index in [2.05, 4.69) is 110 Å². The fourth-order valence-corrected chi connectivity index (χ4v) is 14.2. The fourth-order valence-electron chi connectivity index (χ4n) is 13.4. The number of aryl methyl sites for hydroxylation is 7. The van der Waals surface area contributed by atoms with Gasteiger partial charge < -0.3 is 83.7 Å². The molecule has 7 aromatic heterocycles. The maximum absolute atomic E-state index is 12.0. The number of piperidine rings is 1. The number of hydrogen-bond donors (Lipinski definition) is 7. The van der Waals surface area contributed by atoms with E-state index in [9.17, 15) is 33.6 Å². The molecule has 2 saturated heterocycles. The molecule has 0 atom stereocenters. The number of nitrogens with one attached hydrogen (secondary N) is 7. The van der Waals surface area contributed by atoms with Crippen LogP contribution in [0.3, 0.4) is 0 Å². The Hall–Kier alpha value is -12.3.